The lowest BCUT2D eigenvalue weighted by molar-refractivity contribution is 0.0723. The van der Waals surface area contributed by atoms with Gasteiger partial charge >= 0.3 is 0 Å². The van der Waals surface area contributed by atoms with Crippen molar-refractivity contribution in [2.45, 2.75) is 57.0 Å². The topological polar surface area (TPSA) is 45.0 Å². The van der Waals surface area contributed by atoms with Crippen molar-refractivity contribution in [2.75, 3.05) is 13.2 Å². The van der Waals surface area contributed by atoms with E-state index >= 15 is 0 Å². The van der Waals surface area contributed by atoms with E-state index in [1.165, 1.54) is 25.7 Å². The van der Waals surface area contributed by atoms with Gasteiger partial charge < -0.3 is 10.1 Å². The molecule has 0 amide bonds. The Hall–Kier alpha value is -0.590. The van der Waals surface area contributed by atoms with E-state index in [0.717, 1.165) is 32.5 Å². The maximum Gasteiger partial charge on any atom is 0.0624 e. The standard InChI is InChI=1S/C13H22N2O/c14-8-5-11-1-3-12(4-2-11)15-13-6-9-16-10-7-13/h11-13,15H,1-7,9-10H2/t11-,12-. The molecular weight excluding hydrogens is 200 g/mol. The summed E-state index contributed by atoms with van der Waals surface area (Å²) in [4.78, 5) is 0. The smallest absolute Gasteiger partial charge is 0.0624 e. The third-order valence-corrected chi connectivity index (χ3v) is 3.92. The molecule has 2 aliphatic rings. The van der Waals surface area contributed by atoms with E-state index in [1.807, 2.05) is 0 Å². The van der Waals surface area contributed by atoms with Crippen LogP contribution in [0.2, 0.25) is 0 Å². The first-order valence-corrected chi connectivity index (χ1v) is 6.59. The minimum atomic E-state index is 0.665. The zero-order valence-electron chi connectivity index (χ0n) is 9.95. The molecule has 0 atom stereocenters. The van der Waals surface area contributed by atoms with Crippen molar-refractivity contribution in [1.29, 1.82) is 5.26 Å². The summed E-state index contributed by atoms with van der Waals surface area (Å²) in [5.41, 5.74) is 0. The van der Waals surface area contributed by atoms with Crippen molar-refractivity contribution in [2.24, 2.45) is 5.92 Å². The molecule has 0 unspecified atom stereocenters. The number of nitriles is 1. The summed E-state index contributed by atoms with van der Waals surface area (Å²) in [6.07, 6.45) is 8.05. The number of rotatable bonds is 3. The third kappa shape index (κ3) is 3.47. The average Bonchev–Trinajstić information content (AvgIpc) is 2.33. The highest BCUT2D eigenvalue weighted by molar-refractivity contribution is 4.85. The fourth-order valence-electron chi connectivity index (χ4n) is 2.86. The lowest BCUT2D eigenvalue weighted by Crippen LogP contribution is -2.43. The average molecular weight is 222 g/mol. The fourth-order valence-corrected chi connectivity index (χ4v) is 2.86. The quantitative estimate of drug-likeness (QED) is 0.796. The molecule has 3 heteroatoms. The Kier molecular flexibility index (Phi) is 4.62. The summed E-state index contributed by atoms with van der Waals surface area (Å²) in [7, 11) is 0. The predicted molar refractivity (Wildman–Crippen MR) is 63.0 cm³/mol. The second-order valence-electron chi connectivity index (χ2n) is 5.13. The van der Waals surface area contributed by atoms with E-state index in [2.05, 4.69) is 11.4 Å². The van der Waals surface area contributed by atoms with Gasteiger partial charge in [-0.05, 0) is 44.4 Å². The molecule has 2 fully saturated rings. The minimum absolute atomic E-state index is 0.665. The molecule has 1 saturated carbocycles. The molecule has 3 nitrogen and oxygen atoms in total. The molecule has 0 aromatic carbocycles. The van der Waals surface area contributed by atoms with Crippen LogP contribution in [0.3, 0.4) is 0 Å². The molecule has 1 heterocycles. The Morgan fingerprint density at radius 1 is 1.00 bits per heavy atom. The van der Waals surface area contributed by atoms with Gasteiger partial charge in [0.05, 0.1) is 6.07 Å². The van der Waals surface area contributed by atoms with Crippen LogP contribution in [0.4, 0.5) is 0 Å². The lowest BCUT2D eigenvalue weighted by atomic mass is 9.84. The maximum atomic E-state index is 8.67. The third-order valence-electron chi connectivity index (χ3n) is 3.92. The Morgan fingerprint density at radius 3 is 2.25 bits per heavy atom. The number of nitrogens with one attached hydrogen (secondary N) is 1. The van der Waals surface area contributed by atoms with Crippen LogP contribution in [-0.4, -0.2) is 25.3 Å². The zero-order chi connectivity index (χ0) is 11.2. The van der Waals surface area contributed by atoms with E-state index in [0.29, 0.717) is 18.0 Å². The van der Waals surface area contributed by atoms with Gasteiger partial charge in [-0.3, -0.25) is 0 Å². The van der Waals surface area contributed by atoms with Crippen LogP contribution in [0.25, 0.3) is 0 Å². The molecule has 16 heavy (non-hydrogen) atoms. The van der Waals surface area contributed by atoms with Crippen LogP contribution in [0.5, 0.6) is 0 Å². The molecule has 0 aromatic rings. The Balaban J connectivity index is 1.66. The lowest BCUT2D eigenvalue weighted by Gasteiger charge is -2.33. The van der Waals surface area contributed by atoms with Gasteiger partial charge in [0.2, 0.25) is 0 Å². The number of hydrogen-bond donors (Lipinski definition) is 1. The van der Waals surface area contributed by atoms with Gasteiger partial charge in [0.15, 0.2) is 0 Å². The predicted octanol–water partition coefficient (Wildman–Crippen LogP) is 2.23. The SMILES string of the molecule is N#CC[C@H]1CC[C@H](NC2CCOCC2)CC1. The van der Waals surface area contributed by atoms with E-state index in [1.54, 1.807) is 0 Å². The van der Waals surface area contributed by atoms with Crippen molar-refractivity contribution in [1.82, 2.24) is 5.32 Å². The zero-order valence-corrected chi connectivity index (χ0v) is 9.95. The minimum Gasteiger partial charge on any atom is -0.381 e. The molecule has 1 N–H and O–H groups in total. The Bertz CT molecular complexity index is 235. The maximum absolute atomic E-state index is 8.67. The van der Waals surface area contributed by atoms with Crippen molar-refractivity contribution >= 4 is 0 Å². The second-order valence-corrected chi connectivity index (χ2v) is 5.13. The summed E-state index contributed by atoms with van der Waals surface area (Å²) in [6, 6.07) is 3.66. The number of ether oxygens (including phenoxy) is 1. The van der Waals surface area contributed by atoms with Crippen molar-refractivity contribution in [3.8, 4) is 6.07 Å². The van der Waals surface area contributed by atoms with E-state index in [4.69, 9.17) is 10.00 Å². The summed E-state index contributed by atoms with van der Waals surface area (Å²) < 4.78 is 5.36. The molecule has 2 rings (SSSR count). The fraction of sp³-hybridized carbons (Fsp3) is 0.923. The van der Waals surface area contributed by atoms with Gasteiger partial charge in [-0.1, -0.05) is 0 Å². The normalized spacial score (nSPS) is 32.2. The molecule has 1 aliphatic heterocycles. The highest BCUT2D eigenvalue weighted by atomic mass is 16.5. The molecular formula is C13H22N2O. The van der Waals surface area contributed by atoms with Crippen LogP contribution in [0.1, 0.15) is 44.9 Å². The van der Waals surface area contributed by atoms with E-state index in [-0.39, 0.29) is 0 Å². The van der Waals surface area contributed by atoms with E-state index in [9.17, 15) is 0 Å². The first-order valence-electron chi connectivity index (χ1n) is 6.59. The van der Waals surface area contributed by atoms with Crippen LogP contribution in [0, 0.1) is 17.2 Å². The van der Waals surface area contributed by atoms with Crippen molar-refractivity contribution in [3.63, 3.8) is 0 Å². The second kappa shape index (κ2) is 6.22. The summed E-state index contributed by atoms with van der Waals surface area (Å²) in [5, 5.41) is 12.4. The molecule has 1 aliphatic carbocycles. The van der Waals surface area contributed by atoms with Crippen LogP contribution >= 0.6 is 0 Å². The Morgan fingerprint density at radius 2 is 1.62 bits per heavy atom. The van der Waals surface area contributed by atoms with Gasteiger partial charge in [-0.15, -0.1) is 0 Å². The van der Waals surface area contributed by atoms with E-state index < -0.39 is 0 Å². The Labute approximate surface area is 98.2 Å². The monoisotopic (exact) mass is 222 g/mol. The number of nitrogens with zero attached hydrogens (tertiary/aromatic N) is 1. The molecule has 1 saturated heterocycles. The van der Waals surface area contributed by atoms with Gasteiger partial charge in [-0.2, -0.15) is 5.26 Å². The molecule has 0 bridgehead atoms. The first kappa shape index (κ1) is 11.9. The summed E-state index contributed by atoms with van der Waals surface area (Å²) in [5.74, 6) is 0.665. The molecule has 0 radical (unpaired) electrons. The van der Waals surface area contributed by atoms with Crippen LogP contribution < -0.4 is 5.32 Å². The summed E-state index contributed by atoms with van der Waals surface area (Å²) >= 11 is 0. The largest absolute Gasteiger partial charge is 0.381 e. The first-order chi connectivity index (χ1) is 7.88. The van der Waals surface area contributed by atoms with Crippen molar-refractivity contribution in [3.05, 3.63) is 0 Å². The van der Waals surface area contributed by atoms with Gasteiger partial charge in [0, 0.05) is 31.7 Å². The highest BCUT2D eigenvalue weighted by Crippen LogP contribution is 2.27. The highest BCUT2D eigenvalue weighted by Gasteiger charge is 2.23. The van der Waals surface area contributed by atoms with Gasteiger partial charge in [0.1, 0.15) is 0 Å². The summed E-state index contributed by atoms with van der Waals surface area (Å²) in [6.45, 7) is 1.84. The number of hydrogen-bond acceptors (Lipinski definition) is 3. The van der Waals surface area contributed by atoms with Gasteiger partial charge in [0.25, 0.3) is 0 Å². The molecule has 0 aromatic heterocycles. The van der Waals surface area contributed by atoms with Gasteiger partial charge in [-0.25, -0.2) is 0 Å². The van der Waals surface area contributed by atoms with Crippen molar-refractivity contribution < 1.29 is 4.74 Å². The molecule has 0 spiro atoms. The molecule has 90 valence electrons. The van der Waals surface area contributed by atoms with Crippen LogP contribution in [0.15, 0.2) is 0 Å². The van der Waals surface area contributed by atoms with Crippen LogP contribution in [-0.2, 0) is 4.74 Å².